The molecule has 2 aromatic heterocycles. The summed E-state index contributed by atoms with van der Waals surface area (Å²) in [6, 6.07) is 18.1. The van der Waals surface area contributed by atoms with Gasteiger partial charge in [-0.1, -0.05) is 43.5 Å². The molecule has 2 fully saturated rings. The average molecular weight is 552 g/mol. The number of nitrogen functional groups attached to an aromatic ring is 1. The van der Waals surface area contributed by atoms with E-state index in [2.05, 4.69) is 21.9 Å². The number of likely N-dealkylation sites (tertiary alicyclic amines) is 1. The van der Waals surface area contributed by atoms with Crippen LogP contribution in [-0.2, 0) is 4.79 Å². The van der Waals surface area contributed by atoms with Crippen LogP contribution in [0.4, 0.5) is 5.82 Å². The second-order valence-electron chi connectivity index (χ2n) is 11.1. The predicted octanol–water partition coefficient (Wildman–Crippen LogP) is 5.46. The molecule has 1 saturated heterocycles. The fourth-order valence-electron chi connectivity index (χ4n) is 6.00. The van der Waals surface area contributed by atoms with E-state index >= 15 is 0 Å². The molecule has 0 unspecified atom stereocenters. The molecule has 41 heavy (non-hydrogen) atoms. The molecular weight excluding hydrogens is 514 g/mol. The Balaban J connectivity index is 1.16. The Hall–Kier alpha value is -4.24. The normalized spacial score (nSPS) is 18.1. The Kier molecular flexibility index (Phi) is 7.95. The van der Waals surface area contributed by atoms with Crippen molar-refractivity contribution in [1.29, 1.82) is 0 Å². The zero-order chi connectivity index (χ0) is 28.2. The second kappa shape index (κ2) is 12.1. The van der Waals surface area contributed by atoms with Crippen LogP contribution in [0, 0.1) is 0 Å². The van der Waals surface area contributed by atoms with Gasteiger partial charge < -0.3 is 15.4 Å². The third-order valence-corrected chi connectivity index (χ3v) is 8.30. The minimum absolute atomic E-state index is 0.00324. The molecule has 1 aliphatic heterocycles. The van der Waals surface area contributed by atoms with E-state index in [-0.39, 0.29) is 11.9 Å². The summed E-state index contributed by atoms with van der Waals surface area (Å²) < 4.78 is 7.87. The molecule has 2 aromatic carbocycles. The number of ether oxygens (including phenoxy) is 1. The summed E-state index contributed by atoms with van der Waals surface area (Å²) in [5.41, 5.74) is 8.64. The highest BCUT2D eigenvalue weighted by molar-refractivity contribution is 5.98. The Bertz CT molecular complexity index is 1510. The topological polar surface area (TPSA) is 102 Å². The molecule has 9 nitrogen and oxygen atoms in total. The molecule has 0 radical (unpaired) electrons. The van der Waals surface area contributed by atoms with Crippen molar-refractivity contribution < 1.29 is 9.53 Å². The molecule has 0 bridgehead atoms. The van der Waals surface area contributed by atoms with Gasteiger partial charge in [-0.3, -0.25) is 9.69 Å². The average Bonchev–Trinajstić information content (AvgIpc) is 3.65. The van der Waals surface area contributed by atoms with Crippen molar-refractivity contribution in [3.8, 4) is 22.8 Å². The maximum Gasteiger partial charge on any atom is 0.246 e. The maximum absolute atomic E-state index is 13.0. The van der Waals surface area contributed by atoms with Crippen LogP contribution in [0.1, 0.15) is 44.6 Å². The first kappa shape index (κ1) is 27.0. The van der Waals surface area contributed by atoms with Gasteiger partial charge in [0.25, 0.3) is 0 Å². The summed E-state index contributed by atoms with van der Waals surface area (Å²) in [4.78, 5) is 26.1. The van der Waals surface area contributed by atoms with Crippen LogP contribution >= 0.6 is 0 Å². The fourth-order valence-corrected chi connectivity index (χ4v) is 6.00. The number of carbonyl (C=O) groups is 1. The van der Waals surface area contributed by atoms with Crippen molar-refractivity contribution in [3.63, 3.8) is 0 Å². The van der Waals surface area contributed by atoms with E-state index in [0.717, 1.165) is 41.1 Å². The highest BCUT2D eigenvalue weighted by Crippen LogP contribution is 2.35. The molecular formula is C32H37N7O2. The highest BCUT2D eigenvalue weighted by atomic mass is 16.5. The smallest absolute Gasteiger partial charge is 0.246 e. The van der Waals surface area contributed by atoms with E-state index in [1.807, 2.05) is 70.3 Å². The number of nitrogens with zero attached hydrogens (tertiary/aromatic N) is 6. The third-order valence-electron chi connectivity index (χ3n) is 8.30. The van der Waals surface area contributed by atoms with Crippen molar-refractivity contribution >= 4 is 22.8 Å². The Labute approximate surface area is 240 Å². The number of amides is 1. The molecule has 1 atom stereocenters. The van der Waals surface area contributed by atoms with E-state index in [0.29, 0.717) is 30.6 Å². The molecule has 6 rings (SSSR count). The van der Waals surface area contributed by atoms with Gasteiger partial charge in [-0.05, 0) is 62.7 Å². The van der Waals surface area contributed by atoms with Crippen molar-refractivity contribution in [3.05, 3.63) is 73.1 Å². The first-order chi connectivity index (χ1) is 20.1. The van der Waals surface area contributed by atoms with Crippen molar-refractivity contribution in [2.45, 2.75) is 50.6 Å². The number of carbonyl (C=O) groups excluding carboxylic acids is 1. The van der Waals surface area contributed by atoms with E-state index in [1.54, 1.807) is 6.08 Å². The number of likely N-dealkylation sites (N-methyl/N-ethyl adjacent to an activating group) is 1. The van der Waals surface area contributed by atoms with Gasteiger partial charge in [0.05, 0.1) is 11.4 Å². The Morgan fingerprint density at radius 2 is 1.78 bits per heavy atom. The zero-order valence-electron chi connectivity index (χ0n) is 23.5. The van der Waals surface area contributed by atoms with Crippen LogP contribution < -0.4 is 10.5 Å². The van der Waals surface area contributed by atoms with Gasteiger partial charge in [0, 0.05) is 37.3 Å². The van der Waals surface area contributed by atoms with E-state index in [1.165, 1.54) is 38.4 Å². The molecule has 1 saturated carbocycles. The second-order valence-corrected chi connectivity index (χ2v) is 11.1. The number of anilines is 1. The van der Waals surface area contributed by atoms with Gasteiger partial charge in [0.15, 0.2) is 5.65 Å². The number of para-hydroxylation sites is 1. The lowest BCUT2D eigenvalue weighted by Crippen LogP contribution is -2.33. The monoisotopic (exact) mass is 551 g/mol. The lowest BCUT2D eigenvalue weighted by Gasteiger charge is -2.30. The Morgan fingerprint density at radius 1 is 1.02 bits per heavy atom. The van der Waals surface area contributed by atoms with Gasteiger partial charge in [-0.25, -0.2) is 14.6 Å². The predicted molar refractivity (Wildman–Crippen MR) is 161 cm³/mol. The molecule has 0 spiro atoms. The lowest BCUT2D eigenvalue weighted by atomic mass is 9.94. The molecule has 4 aromatic rings. The standard InChI is InChI=1S/C32H37N7O2/c1-37(24-9-4-2-5-10-24)19-8-13-28(40)38-20-18-25(21-38)39-32-29(31(33)34-22-35-32)30(36-39)23-14-16-27(17-15-23)41-26-11-6-3-7-12-26/h3,6-8,11-17,22,24-25H,2,4-5,9-10,18-21H2,1H3,(H2,33,34,35)/b13-8+/t25-/m1/s1. The fraction of sp³-hybridized carbons (Fsp3) is 0.375. The quantitative estimate of drug-likeness (QED) is 0.290. The van der Waals surface area contributed by atoms with Crippen molar-refractivity contribution in [1.82, 2.24) is 29.5 Å². The number of rotatable bonds is 8. The minimum atomic E-state index is 0.00324. The van der Waals surface area contributed by atoms with Crippen LogP contribution in [0.15, 0.2) is 73.1 Å². The van der Waals surface area contributed by atoms with Gasteiger partial charge in [-0.15, -0.1) is 0 Å². The van der Waals surface area contributed by atoms with E-state index in [4.69, 9.17) is 15.6 Å². The summed E-state index contributed by atoms with van der Waals surface area (Å²) >= 11 is 0. The zero-order valence-corrected chi connectivity index (χ0v) is 23.5. The van der Waals surface area contributed by atoms with Gasteiger partial charge >= 0.3 is 0 Å². The molecule has 2 N–H and O–H groups in total. The van der Waals surface area contributed by atoms with Gasteiger partial charge in [0.1, 0.15) is 29.3 Å². The molecule has 1 amide bonds. The summed E-state index contributed by atoms with van der Waals surface area (Å²) in [6.45, 7) is 2.05. The van der Waals surface area contributed by atoms with E-state index < -0.39 is 0 Å². The van der Waals surface area contributed by atoms with Crippen LogP contribution in [0.5, 0.6) is 11.5 Å². The van der Waals surface area contributed by atoms with Crippen LogP contribution in [-0.4, -0.2) is 68.2 Å². The Morgan fingerprint density at radius 3 is 2.56 bits per heavy atom. The highest BCUT2D eigenvalue weighted by Gasteiger charge is 2.30. The number of fused-ring (bicyclic) bond motifs is 1. The molecule has 1 aliphatic carbocycles. The summed E-state index contributed by atoms with van der Waals surface area (Å²) in [7, 11) is 2.16. The number of nitrogens with two attached hydrogens (primary N) is 1. The molecule has 9 heteroatoms. The van der Waals surface area contributed by atoms with Crippen LogP contribution in [0.2, 0.25) is 0 Å². The number of benzene rings is 2. The number of hydrogen-bond donors (Lipinski definition) is 1. The maximum atomic E-state index is 13.0. The SMILES string of the molecule is CN(C/C=C/C(=O)N1CC[C@@H](n2nc(-c3ccc(Oc4ccccc4)cc3)c3c(N)ncnc32)C1)C1CCCCC1. The summed E-state index contributed by atoms with van der Waals surface area (Å²) in [5.74, 6) is 1.94. The molecule has 2 aliphatic rings. The first-order valence-electron chi connectivity index (χ1n) is 14.5. The van der Waals surface area contributed by atoms with Gasteiger partial charge in [0.2, 0.25) is 5.91 Å². The number of hydrogen-bond acceptors (Lipinski definition) is 7. The van der Waals surface area contributed by atoms with Crippen LogP contribution in [0.3, 0.4) is 0 Å². The summed E-state index contributed by atoms with van der Waals surface area (Å²) in [6.07, 6.45) is 12.5. The third kappa shape index (κ3) is 5.95. The number of aromatic nitrogens is 4. The molecule has 212 valence electrons. The summed E-state index contributed by atoms with van der Waals surface area (Å²) in [5, 5.41) is 5.70. The van der Waals surface area contributed by atoms with Crippen molar-refractivity contribution in [2.24, 2.45) is 0 Å². The lowest BCUT2D eigenvalue weighted by molar-refractivity contribution is -0.125. The first-order valence-corrected chi connectivity index (χ1v) is 14.5. The minimum Gasteiger partial charge on any atom is -0.457 e. The largest absolute Gasteiger partial charge is 0.457 e. The van der Waals surface area contributed by atoms with Gasteiger partial charge in [-0.2, -0.15) is 5.10 Å². The van der Waals surface area contributed by atoms with Crippen molar-refractivity contribution in [2.75, 3.05) is 32.4 Å². The van der Waals surface area contributed by atoms with Crippen LogP contribution in [0.25, 0.3) is 22.3 Å². The van der Waals surface area contributed by atoms with E-state index in [9.17, 15) is 4.79 Å². The molecule has 3 heterocycles.